The molecule has 0 spiro atoms. The molecule has 8 heteroatoms. The molecular weight excluding hydrogens is 290 g/mol. The Bertz CT molecular complexity index is 535. The van der Waals surface area contributed by atoms with Crippen molar-refractivity contribution in [3.05, 3.63) is 11.4 Å². The highest BCUT2D eigenvalue weighted by Gasteiger charge is 2.27. The fourth-order valence-electron chi connectivity index (χ4n) is 2.38. The van der Waals surface area contributed by atoms with Crippen molar-refractivity contribution in [1.29, 1.82) is 0 Å². The maximum Gasteiger partial charge on any atom is 0.238 e. The van der Waals surface area contributed by atoms with E-state index >= 15 is 0 Å². The lowest BCUT2D eigenvalue weighted by Gasteiger charge is -2.24. The second kappa shape index (κ2) is 5.76. The Labute approximate surface area is 117 Å². The van der Waals surface area contributed by atoms with E-state index in [-0.39, 0.29) is 17.7 Å². The summed E-state index contributed by atoms with van der Waals surface area (Å²) in [5, 5.41) is 8.08. The molecule has 6 nitrogen and oxygen atoms in total. The molecule has 1 aliphatic rings. The van der Waals surface area contributed by atoms with Crippen LogP contribution < -0.4 is 0 Å². The molecule has 0 aromatic carbocycles. The second-order valence-electron chi connectivity index (χ2n) is 5.03. The molecular formula is C11H18ClN3O3S. The van der Waals surface area contributed by atoms with Crippen LogP contribution in [0.5, 0.6) is 0 Å². The molecule has 0 amide bonds. The Morgan fingerprint density at radius 3 is 2.58 bits per heavy atom. The van der Waals surface area contributed by atoms with Gasteiger partial charge in [0.05, 0.1) is 5.69 Å². The number of nitrogens with zero attached hydrogens (tertiary/aromatic N) is 3. The highest BCUT2D eigenvalue weighted by atomic mass is 35.7. The van der Waals surface area contributed by atoms with Gasteiger partial charge in [0.15, 0.2) is 0 Å². The fraction of sp³-hybridized carbons (Fsp3) is 0.818. The van der Waals surface area contributed by atoms with Gasteiger partial charge in [-0.1, -0.05) is 5.21 Å². The van der Waals surface area contributed by atoms with Crippen LogP contribution >= 0.6 is 10.7 Å². The molecule has 1 fully saturated rings. The summed E-state index contributed by atoms with van der Waals surface area (Å²) < 4.78 is 29.7. The molecule has 2 heterocycles. The van der Waals surface area contributed by atoms with E-state index in [1.807, 2.05) is 13.8 Å². The molecule has 0 radical (unpaired) electrons. The standard InChI is InChI=1S/C11H18ClN3O3S/c1-8(2)15-11(9-3-5-18-6-4-9)10(13-14-15)7-19(12,16)17/h8-9H,3-7H2,1-2H3. The zero-order valence-corrected chi connectivity index (χ0v) is 12.6. The van der Waals surface area contributed by atoms with E-state index in [9.17, 15) is 8.42 Å². The lowest BCUT2D eigenvalue weighted by atomic mass is 9.95. The second-order valence-corrected chi connectivity index (χ2v) is 7.81. The van der Waals surface area contributed by atoms with Gasteiger partial charge in [0.25, 0.3) is 0 Å². The summed E-state index contributed by atoms with van der Waals surface area (Å²) in [7, 11) is 1.71. The zero-order valence-electron chi connectivity index (χ0n) is 11.0. The van der Waals surface area contributed by atoms with Crippen molar-refractivity contribution in [2.75, 3.05) is 13.2 Å². The Morgan fingerprint density at radius 1 is 1.42 bits per heavy atom. The van der Waals surface area contributed by atoms with Gasteiger partial charge in [-0.25, -0.2) is 13.1 Å². The van der Waals surface area contributed by atoms with E-state index in [1.165, 1.54) is 0 Å². The Morgan fingerprint density at radius 2 is 2.05 bits per heavy atom. The summed E-state index contributed by atoms with van der Waals surface area (Å²) in [6, 6.07) is 0.136. The lowest BCUT2D eigenvalue weighted by molar-refractivity contribution is 0.0830. The Balaban J connectivity index is 2.38. The third-order valence-corrected chi connectivity index (χ3v) is 4.16. The third kappa shape index (κ3) is 3.67. The fourth-order valence-corrected chi connectivity index (χ4v) is 3.22. The first-order chi connectivity index (χ1) is 8.88. The molecule has 19 heavy (non-hydrogen) atoms. The minimum Gasteiger partial charge on any atom is -0.381 e. The number of ether oxygens (including phenoxy) is 1. The van der Waals surface area contributed by atoms with Crippen LogP contribution in [0.1, 0.15) is 50.0 Å². The van der Waals surface area contributed by atoms with E-state index in [4.69, 9.17) is 15.4 Å². The average Bonchev–Trinajstić information content (AvgIpc) is 2.71. The first-order valence-electron chi connectivity index (χ1n) is 6.32. The van der Waals surface area contributed by atoms with Crippen LogP contribution in [0, 0.1) is 0 Å². The summed E-state index contributed by atoms with van der Waals surface area (Å²) in [4.78, 5) is 0. The molecule has 0 aliphatic carbocycles. The quantitative estimate of drug-likeness (QED) is 0.793. The number of rotatable bonds is 4. The molecule has 1 saturated heterocycles. The zero-order chi connectivity index (χ0) is 14.0. The van der Waals surface area contributed by atoms with Crippen molar-refractivity contribution < 1.29 is 13.2 Å². The summed E-state index contributed by atoms with van der Waals surface area (Å²) in [5.74, 6) is -0.0342. The van der Waals surface area contributed by atoms with Crippen LogP contribution in [0.15, 0.2) is 0 Å². The van der Waals surface area contributed by atoms with E-state index in [0.717, 1.165) is 18.5 Å². The monoisotopic (exact) mass is 307 g/mol. The average molecular weight is 308 g/mol. The molecule has 2 rings (SSSR count). The highest BCUT2D eigenvalue weighted by Crippen LogP contribution is 2.31. The third-order valence-electron chi connectivity index (χ3n) is 3.21. The molecule has 108 valence electrons. The van der Waals surface area contributed by atoms with Crippen molar-refractivity contribution in [2.24, 2.45) is 0 Å². The minimum atomic E-state index is -3.63. The predicted molar refractivity (Wildman–Crippen MR) is 71.7 cm³/mol. The van der Waals surface area contributed by atoms with Crippen LogP contribution in [-0.4, -0.2) is 36.6 Å². The lowest BCUT2D eigenvalue weighted by Crippen LogP contribution is -2.20. The summed E-state index contributed by atoms with van der Waals surface area (Å²) in [5.41, 5.74) is 1.36. The van der Waals surface area contributed by atoms with E-state index < -0.39 is 9.05 Å². The molecule has 0 saturated carbocycles. The van der Waals surface area contributed by atoms with Crippen molar-refractivity contribution >= 4 is 19.7 Å². The Hall–Kier alpha value is -0.660. The van der Waals surface area contributed by atoms with Crippen molar-refractivity contribution in [1.82, 2.24) is 15.0 Å². The van der Waals surface area contributed by atoms with Gasteiger partial charge < -0.3 is 4.74 Å². The van der Waals surface area contributed by atoms with Gasteiger partial charge in [-0.15, -0.1) is 5.10 Å². The SMILES string of the molecule is CC(C)n1nnc(CS(=O)(=O)Cl)c1C1CCOCC1. The van der Waals surface area contributed by atoms with Gasteiger partial charge in [0, 0.05) is 35.9 Å². The van der Waals surface area contributed by atoms with E-state index in [0.29, 0.717) is 18.9 Å². The minimum absolute atomic E-state index is 0.136. The maximum atomic E-state index is 11.3. The molecule has 0 unspecified atom stereocenters. The molecule has 1 aromatic rings. The maximum absolute atomic E-state index is 11.3. The number of hydrogen-bond donors (Lipinski definition) is 0. The van der Waals surface area contributed by atoms with Crippen LogP contribution in [0.3, 0.4) is 0 Å². The number of hydrogen-bond acceptors (Lipinski definition) is 5. The first kappa shape index (κ1) is 14.7. The highest BCUT2D eigenvalue weighted by molar-refractivity contribution is 8.13. The topological polar surface area (TPSA) is 74.1 Å². The van der Waals surface area contributed by atoms with Crippen LogP contribution in [0.4, 0.5) is 0 Å². The van der Waals surface area contributed by atoms with E-state index in [1.54, 1.807) is 4.68 Å². The number of aromatic nitrogens is 3. The van der Waals surface area contributed by atoms with Crippen LogP contribution in [0.25, 0.3) is 0 Å². The summed E-state index contributed by atoms with van der Waals surface area (Å²) >= 11 is 0. The summed E-state index contributed by atoms with van der Waals surface area (Å²) in [6.45, 7) is 5.36. The normalized spacial score (nSPS) is 18.1. The van der Waals surface area contributed by atoms with Gasteiger partial charge >= 0.3 is 0 Å². The molecule has 1 aromatic heterocycles. The molecule has 1 aliphatic heterocycles. The van der Waals surface area contributed by atoms with Crippen LogP contribution in [0.2, 0.25) is 0 Å². The molecule has 0 bridgehead atoms. The molecule has 0 N–H and O–H groups in total. The first-order valence-corrected chi connectivity index (χ1v) is 8.80. The van der Waals surface area contributed by atoms with E-state index in [2.05, 4.69) is 10.3 Å². The van der Waals surface area contributed by atoms with Gasteiger partial charge in [0.2, 0.25) is 9.05 Å². The van der Waals surface area contributed by atoms with Crippen LogP contribution in [-0.2, 0) is 19.5 Å². The largest absolute Gasteiger partial charge is 0.381 e. The summed E-state index contributed by atoms with van der Waals surface area (Å²) in [6.07, 6.45) is 1.71. The van der Waals surface area contributed by atoms with Gasteiger partial charge in [-0.3, -0.25) is 0 Å². The van der Waals surface area contributed by atoms with Gasteiger partial charge in [0.1, 0.15) is 11.4 Å². The van der Waals surface area contributed by atoms with Crippen molar-refractivity contribution in [3.63, 3.8) is 0 Å². The smallest absolute Gasteiger partial charge is 0.238 e. The molecule has 0 atom stereocenters. The Kier molecular flexibility index (Phi) is 4.47. The number of halogens is 1. The predicted octanol–water partition coefficient (Wildman–Crippen LogP) is 1.82. The van der Waals surface area contributed by atoms with Gasteiger partial charge in [-0.05, 0) is 26.7 Å². The van der Waals surface area contributed by atoms with Crippen molar-refractivity contribution in [2.45, 2.75) is 44.4 Å². The van der Waals surface area contributed by atoms with Gasteiger partial charge in [-0.2, -0.15) is 0 Å². The van der Waals surface area contributed by atoms with Crippen molar-refractivity contribution in [3.8, 4) is 0 Å².